The predicted octanol–water partition coefficient (Wildman–Crippen LogP) is 4.42. The fourth-order valence-electron chi connectivity index (χ4n) is 2.52. The Balaban J connectivity index is 2.10. The van der Waals surface area contributed by atoms with E-state index in [4.69, 9.17) is 16.3 Å². The van der Waals surface area contributed by atoms with Gasteiger partial charge in [0, 0.05) is 22.6 Å². The van der Waals surface area contributed by atoms with Gasteiger partial charge in [-0.2, -0.15) is 0 Å². The van der Waals surface area contributed by atoms with Crippen molar-refractivity contribution in [2.45, 2.75) is 32.9 Å². The minimum absolute atomic E-state index is 0.152. The minimum Gasteiger partial charge on any atom is -0.484 e. The number of hydrogen-bond acceptors (Lipinski definition) is 3. The number of nitrogens with one attached hydrogen (secondary N) is 1. The second-order valence-corrected chi connectivity index (χ2v) is 7.71. The molecule has 2 aromatic carbocycles. The first-order chi connectivity index (χ1) is 13.4. The summed E-state index contributed by atoms with van der Waals surface area (Å²) in [6.45, 7) is 4.41. The average molecular weight is 468 g/mol. The number of rotatable bonds is 9. The van der Waals surface area contributed by atoms with Gasteiger partial charge in [0.1, 0.15) is 11.8 Å². The van der Waals surface area contributed by atoms with Crippen LogP contribution in [0.3, 0.4) is 0 Å². The van der Waals surface area contributed by atoms with Crippen molar-refractivity contribution in [3.8, 4) is 5.75 Å². The standard InChI is InChI=1S/C21H24BrClN2O3/c1-3-12-24-21(27)15(2)25(13-16-4-8-18(23)9-5-16)20(26)14-28-19-10-6-17(22)7-11-19/h4-11,15H,3,12-14H2,1-2H3,(H,24,27). The number of halogens is 2. The van der Waals surface area contributed by atoms with Crippen LogP contribution >= 0.6 is 27.5 Å². The Bertz CT molecular complexity index is 781. The van der Waals surface area contributed by atoms with Gasteiger partial charge in [0.2, 0.25) is 5.91 Å². The quantitative estimate of drug-likeness (QED) is 0.594. The van der Waals surface area contributed by atoms with E-state index in [-0.39, 0.29) is 18.4 Å². The van der Waals surface area contributed by atoms with E-state index in [1.807, 2.05) is 31.2 Å². The highest BCUT2D eigenvalue weighted by atomic mass is 79.9. The molecule has 0 aliphatic carbocycles. The largest absolute Gasteiger partial charge is 0.484 e. The molecule has 0 heterocycles. The van der Waals surface area contributed by atoms with E-state index in [1.165, 1.54) is 4.90 Å². The summed E-state index contributed by atoms with van der Waals surface area (Å²) in [4.78, 5) is 26.8. The van der Waals surface area contributed by atoms with Crippen LogP contribution in [0.25, 0.3) is 0 Å². The van der Waals surface area contributed by atoms with Crippen molar-refractivity contribution < 1.29 is 14.3 Å². The van der Waals surface area contributed by atoms with Gasteiger partial charge in [-0.1, -0.05) is 46.6 Å². The first kappa shape index (κ1) is 22.2. The molecule has 0 aromatic heterocycles. The molecule has 0 bridgehead atoms. The van der Waals surface area contributed by atoms with Gasteiger partial charge in [0.05, 0.1) is 0 Å². The van der Waals surface area contributed by atoms with E-state index in [0.29, 0.717) is 23.9 Å². The number of benzene rings is 2. The van der Waals surface area contributed by atoms with Crippen LogP contribution in [-0.4, -0.2) is 35.9 Å². The first-order valence-electron chi connectivity index (χ1n) is 9.10. The smallest absolute Gasteiger partial charge is 0.261 e. The van der Waals surface area contributed by atoms with Crippen LogP contribution in [-0.2, 0) is 16.1 Å². The Morgan fingerprint density at radius 2 is 1.79 bits per heavy atom. The van der Waals surface area contributed by atoms with Crippen LogP contribution in [0.2, 0.25) is 5.02 Å². The third-order valence-electron chi connectivity index (χ3n) is 4.16. The summed E-state index contributed by atoms with van der Waals surface area (Å²) < 4.78 is 6.53. The molecule has 1 N–H and O–H groups in total. The van der Waals surface area contributed by atoms with Crippen molar-refractivity contribution in [3.05, 3.63) is 63.6 Å². The van der Waals surface area contributed by atoms with Crippen LogP contribution in [0.1, 0.15) is 25.8 Å². The van der Waals surface area contributed by atoms with E-state index in [1.54, 1.807) is 31.2 Å². The van der Waals surface area contributed by atoms with Gasteiger partial charge in [-0.15, -0.1) is 0 Å². The Kier molecular flexibility index (Phi) is 8.80. The first-order valence-corrected chi connectivity index (χ1v) is 10.3. The fourth-order valence-corrected chi connectivity index (χ4v) is 2.91. The number of hydrogen-bond donors (Lipinski definition) is 1. The van der Waals surface area contributed by atoms with E-state index in [9.17, 15) is 9.59 Å². The lowest BCUT2D eigenvalue weighted by Gasteiger charge is -2.28. The van der Waals surface area contributed by atoms with Gasteiger partial charge < -0.3 is 15.0 Å². The number of nitrogens with zero attached hydrogens (tertiary/aromatic N) is 1. The fraction of sp³-hybridized carbons (Fsp3) is 0.333. The van der Waals surface area contributed by atoms with Crippen LogP contribution in [0, 0.1) is 0 Å². The highest BCUT2D eigenvalue weighted by Gasteiger charge is 2.26. The van der Waals surface area contributed by atoms with Crippen molar-refractivity contribution >= 4 is 39.3 Å². The molecule has 0 aliphatic heterocycles. The molecular formula is C21H24BrClN2O3. The Hall–Kier alpha value is -2.05. The molecule has 5 nitrogen and oxygen atoms in total. The maximum atomic E-state index is 12.9. The van der Waals surface area contributed by atoms with Crippen LogP contribution in [0.15, 0.2) is 53.0 Å². The normalized spacial score (nSPS) is 11.6. The third kappa shape index (κ3) is 6.84. The van der Waals surface area contributed by atoms with Gasteiger partial charge in [0.25, 0.3) is 5.91 Å². The minimum atomic E-state index is -0.622. The van der Waals surface area contributed by atoms with Gasteiger partial charge in [-0.05, 0) is 55.3 Å². The molecule has 7 heteroatoms. The molecule has 1 atom stereocenters. The summed E-state index contributed by atoms with van der Waals surface area (Å²) in [5, 5.41) is 3.46. The van der Waals surface area contributed by atoms with Gasteiger partial charge in [-0.3, -0.25) is 9.59 Å². The van der Waals surface area contributed by atoms with Crippen molar-refractivity contribution in [1.29, 1.82) is 0 Å². The second kappa shape index (κ2) is 11.1. The van der Waals surface area contributed by atoms with Crippen LogP contribution in [0.5, 0.6) is 5.75 Å². The van der Waals surface area contributed by atoms with Gasteiger partial charge >= 0.3 is 0 Å². The van der Waals surface area contributed by atoms with Gasteiger partial charge in [-0.25, -0.2) is 0 Å². The number of carbonyl (C=O) groups excluding carboxylic acids is 2. The molecule has 0 saturated heterocycles. The summed E-state index contributed by atoms with van der Waals surface area (Å²) >= 11 is 9.30. The van der Waals surface area contributed by atoms with Gasteiger partial charge in [0.15, 0.2) is 6.61 Å². The summed E-state index contributed by atoms with van der Waals surface area (Å²) in [5.74, 6) is 0.135. The monoisotopic (exact) mass is 466 g/mol. The summed E-state index contributed by atoms with van der Waals surface area (Å²) in [7, 11) is 0. The Morgan fingerprint density at radius 1 is 1.14 bits per heavy atom. The van der Waals surface area contributed by atoms with E-state index in [2.05, 4.69) is 21.2 Å². The molecule has 2 amide bonds. The lowest BCUT2D eigenvalue weighted by Crippen LogP contribution is -2.49. The lowest BCUT2D eigenvalue weighted by atomic mass is 10.1. The van der Waals surface area contributed by atoms with Crippen molar-refractivity contribution in [2.24, 2.45) is 0 Å². The maximum absolute atomic E-state index is 12.9. The summed E-state index contributed by atoms with van der Waals surface area (Å²) in [6.07, 6.45) is 0.830. The molecule has 0 saturated carbocycles. The third-order valence-corrected chi connectivity index (χ3v) is 4.94. The molecule has 150 valence electrons. The maximum Gasteiger partial charge on any atom is 0.261 e. The van der Waals surface area contributed by atoms with Crippen LogP contribution in [0.4, 0.5) is 0 Å². The SMILES string of the molecule is CCCNC(=O)C(C)N(Cc1ccc(Cl)cc1)C(=O)COc1ccc(Br)cc1. The Labute approximate surface area is 179 Å². The second-order valence-electron chi connectivity index (χ2n) is 6.36. The van der Waals surface area contributed by atoms with E-state index < -0.39 is 6.04 Å². The Morgan fingerprint density at radius 3 is 2.39 bits per heavy atom. The molecule has 0 radical (unpaired) electrons. The van der Waals surface area contributed by atoms with Crippen molar-refractivity contribution in [1.82, 2.24) is 10.2 Å². The number of carbonyl (C=O) groups is 2. The zero-order valence-electron chi connectivity index (χ0n) is 16.0. The molecule has 2 rings (SSSR count). The summed E-state index contributed by atoms with van der Waals surface area (Å²) in [5.41, 5.74) is 0.886. The highest BCUT2D eigenvalue weighted by Crippen LogP contribution is 2.17. The average Bonchev–Trinajstić information content (AvgIpc) is 2.70. The number of ether oxygens (including phenoxy) is 1. The molecule has 0 spiro atoms. The zero-order valence-corrected chi connectivity index (χ0v) is 18.3. The van der Waals surface area contributed by atoms with Crippen molar-refractivity contribution in [2.75, 3.05) is 13.2 Å². The van der Waals surface area contributed by atoms with E-state index >= 15 is 0 Å². The van der Waals surface area contributed by atoms with Crippen molar-refractivity contribution in [3.63, 3.8) is 0 Å². The molecule has 1 unspecified atom stereocenters. The molecule has 0 fully saturated rings. The molecule has 28 heavy (non-hydrogen) atoms. The topological polar surface area (TPSA) is 58.6 Å². The highest BCUT2D eigenvalue weighted by molar-refractivity contribution is 9.10. The molecule has 0 aliphatic rings. The summed E-state index contributed by atoms with van der Waals surface area (Å²) in [6, 6.07) is 13.8. The van der Waals surface area contributed by atoms with E-state index in [0.717, 1.165) is 16.5 Å². The number of amides is 2. The zero-order chi connectivity index (χ0) is 20.5. The predicted molar refractivity (Wildman–Crippen MR) is 114 cm³/mol. The molecular weight excluding hydrogens is 444 g/mol. The molecule has 2 aromatic rings. The lowest BCUT2D eigenvalue weighted by molar-refractivity contribution is -0.142. The van der Waals surface area contributed by atoms with Crippen LogP contribution < -0.4 is 10.1 Å².